The fraction of sp³-hybridized carbons (Fsp3) is 0.381. The van der Waals surface area contributed by atoms with E-state index in [1.807, 2.05) is 47.4 Å². The Bertz CT molecular complexity index is 825. The van der Waals surface area contributed by atoms with Crippen molar-refractivity contribution in [2.45, 2.75) is 38.0 Å². The highest BCUT2D eigenvalue weighted by Gasteiger charge is 2.44. The summed E-state index contributed by atoms with van der Waals surface area (Å²) in [4.78, 5) is 20.7. The van der Waals surface area contributed by atoms with Gasteiger partial charge in [0.25, 0.3) is 0 Å². The quantitative estimate of drug-likeness (QED) is 0.796. The number of pyridine rings is 1. The summed E-state index contributed by atoms with van der Waals surface area (Å²) in [7, 11) is 0. The maximum absolute atomic E-state index is 12.6. The smallest absolute Gasteiger partial charge is 0.411 e. The summed E-state index contributed by atoms with van der Waals surface area (Å²) >= 11 is 5.54. The molecule has 3 heterocycles. The van der Waals surface area contributed by atoms with Gasteiger partial charge < -0.3 is 15.0 Å². The zero-order chi connectivity index (χ0) is 19.5. The Morgan fingerprint density at radius 3 is 2.61 bits per heavy atom. The van der Waals surface area contributed by atoms with Gasteiger partial charge in [0.1, 0.15) is 6.10 Å². The van der Waals surface area contributed by atoms with Crippen molar-refractivity contribution in [3.05, 3.63) is 60.4 Å². The number of thiocarbonyl (C=S) groups is 1. The highest BCUT2D eigenvalue weighted by molar-refractivity contribution is 7.80. The van der Waals surface area contributed by atoms with Crippen molar-refractivity contribution in [1.29, 1.82) is 0 Å². The molecule has 146 valence electrons. The fourth-order valence-corrected chi connectivity index (χ4v) is 4.34. The van der Waals surface area contributed by atoms with E-state index in [0.717, 1.165) is 37.2 Å². The molecule has 2 atom stereocenters. The first kappa shape index (κ1) is 18.7. The molecule has 0 bridgehead atoms. The minimum Gasteiger partial charge on any atom is -0.439 e. The molecule has 0 unspecified atom stereocenters. The molecule has 4 rings (SSSR count). The number of anilines is 1. The Hall–Kier alpha value is -2.67. The molecule has 0 aliphatic carbocycles. The molecule has 6 nitrogen and oxygen atoms in total. The molecule has 1 aromatic carbocycles. The fourth-order valence-electron chi connectivity index (χ4n) is 4.04. The number of nitrogens with zero attached hydrogens (tertiary/aromatic N) is 3. The van der Waals surface area contributed by atoms with Crippen molar-refractivity contribution in [3.63, 3.8) is 0 Å². The van der Waals surface area contributed by atoms with Gasteiger partial charge in [0, 0.05) is 25.3 Å². The summed E-state index contributed by atoms with van der Waals surface area (Å²) < 4.78 is 5.71. The van der Waals surface area contributed by atoms with Gasteiger partial charge in [-0.2, -0.15) is 0 Å². The predicted molar refractivity (Wildman–Crippen MR) is 112 cm³/mol. The van der Waals surface area contributed by atoms with Crippen LogP contribution in [0.2, 0.25) is 0 Å². The normalized spacial score (nSPS) is 22.8. The Morgan fingerprint density at radius 1 is 1.18 bits per heavy atom. The van der Waals surface area contributed by atoms with Gasteiger partial charge in [0.05, 0.1) is 17.9 Å². The maximum atomic E-state index is 12.6. The van der Waals surface area contributed by atoms with Crippen molar-refractivity contribution in [2.24, 2.45) is 0 Å². The van der Waals surface area contributed by atoms with Gasteiger partial charge in [-0.25, -0.2) is 4.79 Å². The summed E-state index contributed by atoms with van der Waals surface area (Å²) in [5.74, 6) is 0. The summed E-state index contributed by atoms with van der Waals surface area (Å²) in [5, 5.41) is 3.93. The van der Waals surface area contributed by atoms with Crippen molar-refractivity contribution in [3.8, 4) is 0 Å². The molecule has 1 aromatic heterocycles. The molecule has 2 aromatic rings. The summed E-state index contributed by atoms with van der Waals surface area (Å²) in [6.45, 7) is 3.69. The second-order valence-corrected chi connectivity index (χ2v) is 7.64. The second-order valence-electron chi connectivity index (χ2n) is 7.25. The van der Waals surface area contributed by atoms with E-state index in [9.17, 15) is 4.79 Å². The molecule has 0 radical (unpaired) electrons. The van der Waals surface area contributed by atoms with Crippen LogP contribution >= 0.6 is 12.2 Å². The lowest BCUT2D eigenvalue weighted by Crippen LogP contribution is -2.50. The van der Waals surface area contributed by atoms with Crippen molar-refractivity contribution >= 4 is 29.1 Å². The number of benzene rings is 1. The molecule has 2 aliphatic rings. The number of amides is 1. The largest absolute Gasteiger partial charge is 0.439 e. The number of rotatable bonds is 3. The van der Waals surface area contributed by atoms with Crippen LogP contribution in [-0.2, 0) is 4.74 Å². The van der Waals surface area contributed by atoms with E-state index in [-0.39, 0.29) is 24.3 Å². The monoisotopic (exact) mass is 396 g/mol. The van der Waals surface area contributed by atoms with Crippen LogP contribution in [0.1, 0.15) is 31.4 Å². The van der Waals surface area contributed by atoms with Gasteiger partial charge in [0.2, 0.25) is 0 Å². The van der Waals surface area contributed by atoms with Gasteiger partial charge in [0.15, 0.2) is 5.11 Å². The molecular formula is C21H24N4O2S. The lowest BCUT2D eigenvalue weighted by molar-refractivity contribution is 0.120. The van der Waals surface area contributed by atoms with E-state index in [2.05, 4.69) is 22.1 Å². The Morgan fingerprint density at radius 2 is 1.93 bits per heavy atom. The first-order chi connectivity index (χ1) is 13.6. The van der Waals surface area contributed by atoms with Gasteiger partial charge in [-0.05, 0) is 49.7 Å². The van der Waals surface area contributed by atoms with Crippen LogP contribution in [0.25, 0.3) is 0 Å². The molecule has 2 fully saturated rings. The average Bonchev–Trinajstić information content (AvgIpc) is 3.03. The van der Waals surface area contributed by atoms with Crippen LogP contribution in [0.15, 0.2) is 54.9 Å². The second kappa shape index (κ2) is 8.14. The van der Waals surface area contributed by atoms with Crippen molar-refractivity contribution in [2.75, 3.05) is 18.4 Å². The number of hydrogen-bond donors (Lipinski definition) is 1. The third kappa shape index (κ3) is 3.80. The van der Waals surface area contributed by atoms with E-state index >= 15 is 0 Å². The molecule has 28 heavy (non-hydrogen) atoms. The number of carbonyl (C=O) groups is 1. The topological polar surface area (TPSA) is 57.7 Å². The number of aromatic nitrogens is 1. The van der Waals surface area contributed by atoms with Gasteiger partial charge >= 0.3 is 6.09 Å². The molecular weight excluding hydrogens is 372 g/mol. The third-order valence-corrected chi connectivity index (χ3v) is 5.86. The SMILES string of the molecule is C[C@H]1[C@@H](c2ccccc2)OC(=O)N1C1CCN(C(=S)Nc2cccnc2)CC1. The number of nitrogens with one attached hydrogen (secondary N) is 1. The Balaban J connectivity index is 1.36. The average molecular weight is 397 g/mol. The molecule has 0 saturated carbocycles. The van der Waals surface area contributed by atoms with E-state index in [1.54, 1.807) is 12.4 Å². The number of cyclic esters (lactones) is 1. The number of hydrogen-bond acceptors (Lipinski definition) is 4. The number of carbonyl (C=O) groups excluding carboxylic acids is 1. The molecule has 1 N–H and O–H groups in total. The van der Waals surface area contributed by atoms with Crippen molar-refractivity contribution < 1.29 is 9.53 Å². The number of ether oxygens (including phenoxy) is 1. The van der Waals surface area contributed by atoms with E-state index in [0.29, 0.717) is 5.11 Å². The van der Waals surface area contributed by atoms with Crippen molar-refractivity contribution in [1.82, 2.24) is 14.8 Å². The zero-order valence-electron chi connectivity index (χ0n) is 15.8. The van der Waals surface area contributed by atoms with Crippen LogP contribution < -0.4 is 5.32 Å². The van der Waals surface area contributed by atoms with Crippen LogP contribution in [0.5, 0.6) is 0 Å². The van der Waals surface area contributed by atoms with Gasteiger partial charge in [-0.1, -0.05) is 30.3 Å². The first-order valence-corrected chi connectivity index (χ1v) is 10.0. The first-order valence-electron chi connectivity index (χ1n) is 9.63. The van der Waals surface area contributed by atoms with Crippen LogP contribution in [0.4, 0.5) is 10.5 Å². The number of likely N-dealkylation sites (tertiary alicyclic amines) is 1. The molecule has 2 saturated heterocycles. The molecule has 2 aliphatic heterocycles. The van der Waals surface area contributed by atoms with E-state index in [4.69, 9.17) is 17.0 Å². The number of piperidine rings is 1. The Kier molecular flexibility index (Phi) is 5.43. The standard InChI is InChI=1S/C21H24N4O2S/c1-15-19(16-6-3-2-4-7-16)27-21(26)25(15)18-9-12-24(13-10-18)20(28)23-17-8-5-11-22-14-17/h2-8,11,14-15,18-19H,9-10,12-13H2,1H3,(H,23,28)/t15-,19-/m0/s1. The molecule has 7 heteroatoms. The highest BCUT2D eigenvalue weighted by atomic mass is 32.1. The van der Waals surface area contributed by atoms with Crippen LogP contribution in [-0.4, -0.2) is 51.2 Å². The lowest BCUT2D eigenvalue weighted by Gasteiger charge is -2.38. The van der Waals surface area contributed by atoms with Crippen LogP contribution in [0.3, 0.4) is 0 Å². The maximum Gasteiger partial charge on any atom is 0.411 e. The van der Waals surface area contributed by atoms with Gasteiger partial charge in [-0.15, -0.1) is 0 Å². The summed E-state index contributed by atoms with van der Waals surface area (Å²) in [5.41, 5.74) is 1.93. The lowest BCUT2D eigenvalue weighted by atomic mass is 9.98. The highest BCUT2D eigenvalue weighted by Crippen LogP contribution is 2.35. The summed E-state index contributed by atoms with van der Waals surface area (Å²) in [6, 6.07) is 14.0. The van der Waals surface area contributed by atoms with E-state index < -0.39 is 0 Å². The van der Waals surface area contributed by atoms with Gasteiger partial charge in [-0.3, -0.25) is 9.88 Å². The molecule has 1 amide bonds. The van der Waals surface area contributed by atoms with E-state index in [1.165, 1.54) is 0 Å². The minimum atomic E-state index is -0.212. The molecule has 0 spiro atoms. The third-order valence-electron chi connectivity index (χ3n) is 5.50. The Labute approximate surface area is 170 Å². The predicted octanol–water partition coefficient (Wildman–Crippen LogP) is 3.82. The summed E-state index contributed by atoms with van der Waals surface area (Å²) in [6.07, 6.45) is 4.81. The zero-order valence-corrected chi connectivity index (χ0v) is 16.6. The minimum absolute atomic E-state index is 0.0203. The van der Waals surface area contributed by atoms with Crippen LogP contribution in [0, 0.1) is 0 Å².